The second kappa shape index (κ2) is 7.24. The molecule has 0 aromatic rings. The first-order chi connectivity index (χ1) is 8.60. The van der Waals surface area contributed by atoms with E-state index in [1.54, 1.807) is 0 Å². The summed E-state index contributed by atoms with van der Waals surface area (Å²) >= 11 is 0. The van der Waals surface area contributed by atoms with Gasteiger partial charge in [0.15, 0.2) is 5.96 Å². The van der Waals surface area contributed by atoms with Crippen molar-refractivity contribution in [3.8, 4) is 12.3 Å². The predicted octanol–water partition coefficient (Wildman–Crippen LogP) is -0.790. The highest BCUT2D eigenvalue weighted by atomic mass is 32.2. The average molecular weight is 272 g/mol. The summed E-state index contributed by atoms with van der Waals surface area (Å²) in [6.45, 7) is 4.55. The van der Waals surface area contributed by atoms with Crippen molar-refractivity contribution < 1.29 is 8.42 Å². The smallest absolute Gasteiger partial charge is 0.214 e. The van der Waals surface area contributed by atoms with E-state index in [2.05, 4.69) is 21.5 Å². The zero-order chi connectivity index (χ0) is 13.4. The third-order valence-electron chi connectivity index (χ3n) is 2.52. The van der Waals surface area contributed by atoms with Gasteiger partial charge in [-0.05, 0) is 13.3 Å². The van der Waals surface area contributed by atoms with Gasteiger partial charge in [-0.15, -0.1) is 6.42 Å². The highest BCUT2D eigenvalue weighted by Crippen LogP contribution is 2.11. The van der Waals surface area contributed by atoms with Crippen molar-refractivity contribution in [2.24, 2.45) is 4.99 Å². The molecule has 0 atom stereocenters. The number of rotatable bonds is 5. The van der Waals surface area contributed by atoms with Gasteiger partial charge >= 0.3 is 0 Å². The van der Waals surface area contributed by atoms with Crippen LogP contribution < -0.4 is 10.6 Å². The van der Waals surface area contributed by atoms with Crippen molar-refractivity contribution in [2.45, 2.75) is 13.3 Å². The van der Waals surface area contributed by atoms with Crippen LogP contribution in [0.5, 0.6) is 0 Å². The molecule has 0 spiro atoms. The minimum absolute atomic E-state index is 0.256. The molecule has 2 N–H and O–H groups in total. The quantitative estimate of drug-likeness (QED) is 0.391. The van der Waals surface area contributed by atoms with Crippen molar-refractivity contribution in [2.75, 3.05) is 38.5 Å². The molecule has 7 heteroatoms. The van der Waals surface area contributed by atoms with Gasteiger partial charge in [0.05, 0.1) is 18.8 Å². The third kappa shape index (κ3) is 4.55. The Kier molecular flexibility index (Phi) is 5.95. The Hall–Kier alpha value is -1.26. The maximum absolute atomic E-state index is 11.6. The molecule has 0 aliphatic carbocycles. The Bertz CT molecular complexity index is 425. The van der Waals surface area contributed by atoms with E-state index in [0.29, 0.717) is 38.6 Å². The first-order valence-electron chi connectivity index (χ1n) is 6.03. The topological polar surface area (TPSA) is 73.8 Å². The van der Waals surface area contributed by atoms with Gasteiger partial charge in [0.2, 0.25) is 10.0 Å². The van der Waals surface area contributed by atoms with Crippen LogP contribution in [0, 0.1) is 12.3 Å². The van der Waals surface area contributed by atoms with E-state index >= 15 is 0 Å². The van der Waals surface area contributed by atoms with Crippen LogP contribution in [0.1, 0.15) is 13.3 Å². The zero-order valence-electron chi connectivity index (χ0n) is 10.6. The molecule has 1 rings (SSSR count). The summed E-state index contributed by atoms with van der Waals surface area (Å²) < 4.78 is 24.6. The summed E-state index contributed by atoms with van der Waals surface area (Å²) in [7, 11) is -3.02. The van der Waals surface area contributed by atoms with E-state index in [9.17, 15) is 8.42 Å². The number of hydrogen-bond acceptors (Lipinski definition) is 3. The summed E-state index contributed by atoms with van der Waals surface area (Å²) in [6.07, 6.45) is 5.86. The highest BCUT2D eigenvalue weighted by molar-refractivity contribution is 7.89. The zero-order valence-corrected chi connectivity index (χ0v) is 11.5. The summed E-state index contributed by atoms with van der Waals surface area (Å²) in [5.74, 6) is 3.34. The van der Waals surface area contributed by atoms with Crippen LogP contribution in [0.25, 0.3) is 0 Å². The molecule has 1 fully saturated rings. The van der Waals surface area contributed by atoms with Crippen LogP contribution in [-0.4, -0.2) is 57.2 Å². The molecule has 102 valence electrons. The van der Waals surface area contributed by atoms with Crippen molar-refractivity contribution in [3.63, 3.8) is 0 Å². The molecule has 0 saturated carbocycles. The molecule has 0 bridgehead atoms. The van der Waals surface area contributed by atoms with Crippen LogP contribution in [0.2, 0.25) is 0 Å². The monoisotopic (exact) mass is 272 g/mol. The molecule has 1 aliphatic rings. The summed E-state index contributed by atoms with van der Waals surface area (Å²) in [5, 5.41) is 5.99. The van der Waals surface area contributed by atoms with E-state index in [1.165, 1.54) is 4.31 Å². The molecule has 0 unspecified atom stereocenters. The SMILES string of the molecule is C#CCNC(=NCCN1CCCS1(=O)=O)NCC. The van der Waals surface area contributed by atoms with E-state index in [4.69, 9.17) is 6.42 Å². The van der Waals surface area contributed by atoms with E-state index in [1.807, 2.05) is 6.92 Å². The van der Waals surface area contributed by atoms with Gasteiger partial charge in [-0.1, -0.05) is 5.92 Å². The molecule has 0 aromatic carbocycles. The number of terminal acetylenes is 1. The van der Waals surface area contributed by atoms with Gasteiger partial charge in [-0.3, -0.25) is 4.99 Å². The lowest BCUT2D eigenvalue weighted by Gasteiger charge is -2.13. The normalized spacial score (nSPS) is 19.4. The lowest BCUT2D eigenvalue weighted by Crippen LogP contribution is -2.38. The van der Waals surface area contributed by atoms with E-state index in [0.717, 1.165) is 6.54 Å². The number of aliphatic imine (C=N–C) groups is 1. The molecular formula is C11H20N4O2S. The number of nitrogens with one attached hydrogen (secondary N) is 2. The van der Waals surface area contributed by atoms with Crippen LogP contribution in [-0.2, 0) is 10.0 Å². The maximum Gasteiger partial charge on any atom is 0.214 e. The molecule has 0 amide bonds. The summed E-state index contributed by atoms with van der Waals surface area (Å²) in [4.78, 5) is 4.27. The lowest BCUT2D eigenvalue weighted by molar-refractivity contribution is 0.452. The third-order valence-corrected chi connectivity index (χ3v) is 4.48. The standard InChI is InChI=1S/C11H20N4O2S/c1-3-6-13-11(12-4-2)14-7-9-15-8-5-10-18(15,16)17/h1H,4-10H2,2H3,(H2,12,13,14). The molecule has 1 saturated heterocycles. The number of hydrogen-bond donors (Lipinski definition) is 2. The van der Waals surface area contributed by atoms with Gasteiger partial charge in [-0.25, -0.2) is 12.7 Å². The van der Waals surface area contributed by atoms with Gasteiger partial charge in [0, 0.05) is 19.6 Å². The van der Waals surface area contributed by atoms with Gasteiger partial charge < -0.3 is 10.6 Å². The molecule has 1 aliphatic heterocycles. The lowest BCUT2D eigenvalue weighted by atomic mass is 10.5. The van der Waals surface area contributed by atoms with Crippen LogP contribution in [0.4, 0.5) is 0 Å². The van der Waals surface area contributed by atoms with Gasteiger partial charge in [0.25, 0.3) is 0 Å². The van der Waals surface area contributed by atoms with Crippen molar-refractivity contribution in [1.82, 2.24) is 14.9 Å². The summed E-state index contributed by atoms with van der Waals surface area (Å²) in [5.41, 5.74) is 0. The van der Waals surface area contributed by atoms with Gasteiger partial charge in [0.1, 0.15) is 0 Å². The molecule has 0 radical (unpaired) electrons. The fraction of sp³-hybridized carbons (Fsp3) is 0.727. The Morgan fingerprint density at radius 1 is 1.50 bits per heavy atom. The molecule has 18 heavy (non-hydrogen) atoms. The first-order valence-corrected chi connectivity index (χ1v) is 7.64. The Morgan fingerprint density at radius 2 is 2.28 bits per heavy atom. The number of guanidine groups is 1. The minimum atomic E-state index is -3.02. The largest absolute Gasteiger partial charge is 0.357 e. The number of nitrogens with zero attached hydrogens (tertiary/aromatic N) is 2. The second-order valence-electron chi connectivity index (χ2n) is 3.89. The van der Waals surface area contributed by atoms with E-state index < -0.39 is 10.0 Å². The minimum Gasteiger partial charge on any atom is -0.357 e. The molecule has 6 nitrogen and oxygen atoms in total. The fourth-order valence-electron chi connectivity index (χ4n) is 1.69. The molecule has 1 heterocycles. The molecular weight excluding hydrogens is 252 g/mol. The summed E-state index contributed by atoms with van der Waals surface area (Å²) in [6, 6.07) is 0. The van der Waals surface area contributed by atoms with Crippen molar-refractivity contribution in [3.05, 3.63) is 0 Å². The second-order valence-corrected chi connectivity index (χ2v) is 5.98. The van der Waals surface area contributed by atoms with Gasteiger partial charge in [-0.2, -0.15) is 0 Å². The predicted molar refractivity (Wildman–Crippen MR) is 72.8 cm³/mol. The highest BCUT2D eigenvalue weighted by Gasteiger charge is 2.27. The first kappa shape index (κ1) is 14.8. The number of sulfonamides is 1. The molecule has 0 aromatic heterocycles. The van der Waals surface area contributed by atoms with E-state index in [-0.39, 0.29) is 5.75 Å². The Balaban J connectivity index is 2.43. The van der Waals surface area contributed by atoms with Crippen LogP contribution >= 0.6 is 0 Å². The van der Waals surface area contributed by atoms with Crippen molar-refractivity contribution in [1.29, 1.82) is 0 Å². The Morgan fingerprint density at radius 3 is 2.83 bits per heavy atom. The Labute approximate surface area is 109 Å². The average Bonchev–Trinajstić information content (AvgIpc) is 2.66. The maximum atomic E-state index is 11.6. The van der Waals surface area contributed by atoms with Crippen LogP contribution in [0.3, 0.4) is 0 Å². The fourth-order valence-corrected chi connectivity index (χ4v) is 3.21. The van der Waals surface area contributed by atoms with Crippen molar-refractivity contribution >= 4 is 16.0 Å². The van der Waals surface area contributed by atoms with Crippen LogP contribution in [0.15, 0.2) is 4.99 Å².